The van der Waals surface area contributed by atoms with Crippen molar-refractivity contribution < 1.29 is 8.78 Å². The molecule has 0 saturated heterocycles. The average molecular weight is 235 g/mol. The van der Waals surface area contributed by atoms with Crippen molar-refractivity contribution in [3.8, 4) is 0 Å². The fourth-order valence-corrected chi connectivity index (χ4v) is 2.49. The van der Waals surface area contributed by atoms with E-state index in [0.29, 0.717) is 30.2 Å². The van der Waals surface area contributed by atoms with Crippen LogP contribution in [0.25, 0.3) is 4.85 Å². The quantitative estimate of drug-likeness (QED) is 0.678. The molecular weight excluding hydrogens is 220 g/mol. The van der Waals surface area contributed by atoms with Gasteiger partial charge in [0.2, 0.25) is 0 Å². The Bertz CT molecular complexity index is 447. The van der Waals surface area contributed by atoms with Gasteiger partial charge in [-0.25, -0.2) is 15.4 Å². The first kappa shape index (κ1) is 12.0. The van der Waals surface area contributed by atoms with Crippen LogP contribution in [0.4, 0.5) is 8.78 Å². The Morgan fingerprint density at radius 3 is 2.18 bits per heavy atom. The lowest BCUT2D eigenvalue weighted by atomic mass is 9.61. The predicted molar refractivity (Wildman–Crippen MR) is 62.2 cm³/mol. The zero-order valence-corrected chi connectivity index (χ0v) is 10.0. The lowest BCUT2D eigenvalue weighted by Crippen LogP contribution is -2.40. The third-order valence-corrected chi connectivity index (χ3v) is 3.76. The second-order valence-electron chi connectivity index (χ2n) is 5.21. The maximum atomic E-state index is 13.2. The molecule has 0 unspecified atom stereocenters. The second kappa shape index (κ2) is 4.10. The summed E-state index contributed by atoms with van der Waals surface area (Å²) < 4.78 is 26.3. The highest BCUT2D eigenvalue weighted by atomic mass is 19.1. The highest BCUT2D eigenvalue weighted by Crippen LogP contribution is 2.51. The number of hydrogen-bond acceptors (Lipinski definition) is 0. The smallest absolute Gasteiger partial charge is 0.258 e. The Labute approximate surface area is 100 Å². The van der Waals surface area contributed by atoms with Gasteiger partial charge in [0.05, 0.1) is 0 Å². The Balaban J connectivity index is 2.30. The van der Waals surface area contributed by atoms with Crippen molar-refractivity contribution in [3.63, 3.8) is 0 Å². The molecule has 0 heterocycles. The molecule has 1 aliphatic rings. The Kier molecular flexibility index (Phi) is 2.91. The molecule has 2 rings (SSSR count). The van der Waals surface area contributed by atoms with Gasteiger partial charge in [-0.3, -0.25) is 0 Å². The Hall–Kier alpha value is -1.43. The van der Waals surface area contributed by atoms with Gasteiger partial charge >= 0.3 is 0 Å². The van der Waals surface area contributed by atoms with Crippen molar-refractivity contribution >= 4 is 0 Å². The van der Waals surface area contributed by atoms with Crippen molar-refractivity contribution in [2.75, 3.05) is 0 Å². The van der Waals surface area contributed by atoms with Crippen molar-refractivity contribution in [2.45, 2.75) is 32.2 Å². The first-order valence-electron chi connectivity index (χ1n) is 5.82. The van der Waals surface area contributed by atoms with Crippen molar-refractivity contribution in [2.24, 2.45) is 11.8 Å². The van der Waals surface area contributed by atoms with Crippen molar-refractivity contribution in [3.05, 3.63) is 46.8 Å². The predicted octanol–water partition coefficient (Wildman–Crippen LogP) is 4.15. The van der Waals surface area contributed by atoms with Crippen molar-refractivity contribution in [1.82, 2.24) is 0 Å². The molecule has 0 bridgehead atoms. The van der Waals surface area contributed by atoms with Crippen LogP contribution in [0.15, 0.2) is 18.2 Å². The minimum atomic E-state index is -0.697. The summed E-state index contributed by atoms with van der Waals surface area (Å²) in [6, 6.07) is 3.43. The van der Waals surface area contributed by atoms with Crippen LogP contribution in [0.3, 0.4) is 0 Å². The number of benzene rings is 1. The molecule has 17 heavy (non-hydrogen) atoms. The Morgan fingerprint density at radius 1 is 1.24 bits per heavy atom. The SMILES string of the molecule is [C-]#[N+]C1(c2cc(F)cc(F)c2)CC(C(C)C)C1. The molecule has 0 spiro atoms. The standard InChI is InChI=1S/C14H15F2N/c1-9(2)10-7-14(8-10,17-3)11-4-12(15)6-13(16)5-11/h4-6,9-10H,7-8H2,1-2H3. The number of hydrogen-bond donors (Lipinski definition) is 0. The summed E-state index contributed by atoms with van der Waals surface area (Å²) >= 11 is 0. The van der Waals surface area contributed by atoms with E-state index in [1.807, 2.05) is 0 Å². The van der Waals surface area contributed by atoms with Gasteiger partial charge in [-0.05, 0) is 24.0 Å². The number of halogens is 2. The topological polar surface area (TPSA) is 4.36 Å². The van der Waals surface area contributed by atoms with Crippen LogP contribution in [0.5, 0.6) is 0 Å². The molecule has 1 aromatic carbocycles. The van der Waals surface area contributed by atoms with E-state index in [1.165, 1.54) is 12.1 Å². The number of rotatable bonds is 2. The van der Waals surface area contributed by atoms with E-state index in [9.17, 15) is 8.78 Å². The van der Waals surface area contributed by atoms with E-state index in [4.69, 9.17) is 6.57 Å². The molecule has 1 aromatic rings. The molecule has 0 radical (unpaired) electrons. The Morgan fingerprint density at radius 2 is 1.76 bits per heavy atom. The molecule has 0 atom stereocenters. The fraction of sp³-hybridized carbons (Fsp3) is 0.500. The molecule has 3 heteroatoms. The van der Waals surface area contributed by atoms with E-state index < -0.39 is 17.2 Å². The molecule has 0 aromatic heterocycles. The van der Waals surface area contributed by atoms with E-state index in [1.54, 1.807) is 0 Å². The van der Waals surface area contributed by atoms with Crippen LogP contribution in [-0.4, -0.2) is 0 Å². The van der Waals surface area contributed by atoms with Gasteiger partial charge in [0.25, 0.3) is 5.54 Å². The van der Waals surface area contributed by atoms with Gasteiger partial charge in [-0.2, -0.15) is 0 Å². The van der Waals surface area contributed by atoms with Gasteiger partial charge in [0.1, 0.15) is 11.6 Å². The highest BCUT2D eigenvalue weighted by molar-refractivity contribution is 5.33. The molecule has 90 valence electrons. The van der Waals surface area contributed by atoms with Gasteiger partial charge in [-0.1, -0.05) is 13.8 Å². The van der Waals surface area contributed by atoms with E-state index in [2.05, 4.69) is 18.7 Å². The van der Waals surface area contributed by atoms with E-state index >= 15 is 0 Å². The lowest BCUT2D eigenvalue weighted by molar-refractivity contribution is 0.136. The summed E-state index contributed by atoms with van der Waals surface area (Å²) in [5.41, 5.74) is -0.209. The van der Waals surface area contributed by atoms with Gasteiger partial charge in [0, 0.05) is 24.5 Å². The molecule has 1 aliphatic carbocycles. The van der Waals surface area contributed by atoms with Crippen molar-refractivity contribution in [1.29, 1.82) is 0 Å². The van der Waals surface area contributed by atoms with Crippen LogP contribution in [0.1, 0.15) is 32.3 Å². The normalized spacial score (nSPS) is 27.6. The van der Waals surface area contributed by atoms with Crippen LogP contribution >= 0.6 is 0 Å². The zero-order chi connectivity index (χ0) is 12.6. The summed E-state index contributed by atoms with van der Waals surface area (Å²) in [5, 5.41) is 0. The first-order valence-corrected chi connectivity index (χ1v) is 5.82. The maximum Gasteiger partial charge on any atom is 0.258 e. The summed E-state index contributed by atoms with van der Waals surface area (Å²) in [6.07, 6.45) is 1.41. The van der Waals surface area contributed by atoms with Gasteiger partial charge < -0.3 is 4.85 Å². The zero-order valence-electron chi connectivity index (χ0n) is 10.0. The minimum absolute atomic E-state index is 0.482. The van der Waals surface area contributed by atoms with Gasteiger partial charge in [-0.15, -0.1) is 0 Å². The largest absolute Gasteiger partial charge is 0.305 e. The molecule has 1 nitrogen and oxygen atoms in total. The molecule has 1 saturated carbocycles. The average Bonchev–Trinajstić information content (AvgIpc) is 2.14. The fourth-order valence-electron chi connectivity index (χ4n) is 2.49. The minimum Gasteiger partial charge on any atom is -0.305 e. The van der Waals surface area contributed by atoms with E-state index in [-0.39, 0.29) is 0 Å². The third kappa shape index (κ3) is 2.04. The second-order valence-corrected chi connectivity index (χ2v) is 5.21. The molecule has 0 amide bonds. The summed E-state index contributed by atoms with van der Waals surface area (Å²) in [4.78, 5) is 3.63. The van der Waals surface area contributed by atoms with E-state index in [0.717, 1.165) is 6.07 Å². The summed E-state index contributed by atoms with van der Waals surface area (Å²) in [7, 11) is 0. The van der Waals surface area contributed by atoms with Crippen LogP contribution in [-0.2, 0) is 5.54 Å². The van der Waals surface area contributed by atoms with Crippen LogP contribution < -0.4 is 0 Å². The highest BCUT2D eigenvalue weighted by Gasteiger charge is 2.53. The maximum absolute atomic E-state index is 13.2. The summed E-state index contributed by atoms with van der Waals surface area (Å²) in [5.74, 6) is -0.203. The van der Waals surface area contributed by atoms with Crippen LogP contribution in [0, 0.1) is 30.0 Å². The van der Waals surface area contributed by atoms with Gasteiger partial charge in [0.15, 0.2) is 0 Å². The van der Waals surface area contributed by atoms with Crippen LogP contribution in [0.2, 0.25) is 0 Å². The monoisotopic (exact) mass is 235 g/mol. The summed E-state index contributed by atoms with van der Waals surface area (Å²) in [6.45, 7) is 11.5. The molecule has 0 N–H and O–H groups in total. The number of nitrogens with zero attached hydrogens (tertiary/aromatic N) is 1. The first-order chi connectivity index (χ1) is 7.97. The lowest BCUT2D eigenvalue weighted by Gasteiger charge is -2.40. The third-order valence-electron chi connectivity index (χ3n) is 3.76. The molecular formula is C14H15F2N. The molecule has 1 fully saturated rings. The molecule has 0 aliphatic heterocycles.